The summed E-state index contributed by atoms with van der Waals surface area (Å²) < 4.78 is 5.59. The molecule has 1 aromatic heterocycles. The second-order valence-corrected chi connectivity index (χ2v) is 4.41. The van der Waals surface area contributed by atoms with E-state index in [4.69, 9.17) is 4.42 Å². The number of fused-ring (bicyclic) bond motifs is 1. The Morgan fingerprint density at radius 2 is 1.89 bits per heavy atom. The minimum Gasteiger partial charge on any atom is -0.508 e. The third kappa shape index (κ3) is 1.89. The molecule has 1 heterocycles. The van der Waals surface area contributed by atoms with Gasteiger partial charge in [-0.05, 0) is 25.1 Å². The van der Waals surface area contributed by atoms with Gasteiger partial charge in [0.1, 0.15) is 17.1 Å². The predicted molar refractivity (Wildman–Crippen MR) is 72.5 cm³/mol. The third-order valence-corrected chi connectivity index (χ3v) is 3.11. The van der Waals surface area contributed by atoms with Gasteiger partial charge >= 0.3 is 0 Å². The molecule has 0 aliphatic carbocycles. The average Bonchev–Trinajstić information content (AvgIpc) is 2.74. The summed E-state index contributed by atoms with van der Waals surface area (Å²) in [5, 5.41) is 10.3. The second kappa shape index (κ2) is 4.28. The highest BCUT2D eigenvalue weighted by atomic mass is 16.3. The molecule has 0 spiro atoms. The van der Waals surface area contributed by atoms with E-state index in [1.807, 2.05) is 24.3 Å². The van der Waals surface area contributed by atoms with Crippen LogP contribution in [0.5, 0.6) is 5.75 Å². The van der Waals surface area contributed by atoms with E-state index in [1.165, 1.54) is 12.1 Å². The van der Waals surface area contributed by atoms with Crippen molar-refractivity contribution in [1.82, 2.24) is 0 Å². The van der Waals surface area contributed by atoms with Gasteiger partial charge in [-0.3, -0.25) is 4.79 Å². The molecule has 0 radical (unpaired) electrons. The summed E-state index contributed by atoms with van der Waals surface area (Å²) in [6, 6.07) is 13.8. The lowest BCUT2D eigenvalue weighted by Gasteiger charge is -2.01. The molecule has 19 heavy (non-hydrogen) atoms. The monoisotopic (exact) mass is 252 g/mol. The van der Waals surface area contributed by atoms with Gasteiger partial charge in [-0.2, -0.15) is 0 Å². The number of ketones is 1. The lowest BCUT2D eigenvalue weighted by atomic mass is 10.0. The van der Waals surface area contributed by atoms with Crippen LogP contribution in [0.2, 0.25) is 0 Å². The number of aryl methyl sites for hydroxylation is 1. The quantitative estimate of drug-likeness (QED) is 0.708. The van der Waals surface area contributed by atoms with Crippen LogP contribution in [-0.2, 0) is 0 Å². The van der Waals surface area contributed by atoms with Gasteiger partial charge in [0.2, 0.25) is 0 Å². The zero-order valence-electron chi connectivity index (χ0n) is 10.4. The van der Waals surface area contributed by atoms with E-state index in [0.29, 0.717) is 22.5 Å². The molecule has 3 nitrogen and oxygen atoms in total. The molecule has 2 aromatic carbocycles. The molecule has 3 aromatic rings. The first-order valence-corrected chi connectivity index (χ1v) is 5.98. The first kappa shape index (κ1) is 11.5. The van der Waals surface area contributed by atoms with Gasteiger partial charge < -0.3 is 9.52 Å². The molecule has 0 unspecified atom stereocenters. The van der Waals surface area contributed by atoms with Crippen LogP contribution in [0.1, 0.15) is 21.7 Å². The predicted octanol–water partition coefficient (Wildman–Crippen LogP) is 3.68. The van der Waals surface area contributed by atoms with Gasteiger partial charge in [0, 0.05) is 10.9 Å². The molecule has 0 bridgehead atoms. The van der Waals surface area contributed by atoms with Crippen molar-refractivity contribution in [3.05, 3.63) is 65.4 Å². The van der Waals surface area contributed by atoms with Crippen molar-refractivity contribution in [3.8, 4) is 5.75 Å². The molecule has 0 saturated carbocycles. The highest BCUT2D eigenvalue weighted by Gasteiger charge is 2.19. The molecule has 94 valence electrons. The van der Waals surface area contributed by atoms with Crippen molar-refractivity contribution in [2.75, 3.05) is 0 Å². The van der Waals surface area contributed by atoms with Crippen LogP contribution in [0.3, 0.4) is 0 Å². The third-order valence-electron chi connectivity index (χ3n) is 3.11. The number of aromatic hydroxyl groups is 1. The highest BCUT2D eigenvalue weighted by molar-refractivity contribution is 6.16. The van der Waals surface area contributed by atoms with Crippen LogP contribution >= 0.6 is 0 Å². The fourth-order valence-corrected chi connectivity index (χ4v) is 2.24. The smallest absolute Gasteiger partial charge is 0.197 e. The lowest BCUT2D eigenvalue weighted by molar-refractivity contribution is 0.103. The van der Waals surface area contributed by atoms with Crippen LogP contribution in [0.4, 0.5) is 0 Å². The number of benzene rings is 2. The van der Waals surface area contributed by atoms with Crippen molar-refractivity contribution in [1.29, 1.82) is 0 Å². The fourth-order valence-electron chi connectivity index (χ4n) is 2.24. The van der Waals surface area contributed by atoms with Gasteiger partial charge in [0.05, 0.1) is 5.56 Å². The van der Waals surface area contributed by atoms with E-state index < -0.39 is 0 Å². The van der Waals surface area contributed by atoms with Gasteiger partial charge in [0.15, 0.2) is 5.78 Å². The van der Waals surface area contributed by atoms with Crippen LogP contribution in [0, 0.1) is 6.92 Å². The Morgan fingerprint density at radius 3 is 2.68 bits per heavy atom. The number of para-hydroxylation sites is 1. The average molecular weight is 252 g/mol. The summed E-state index contributed by atoms with van der Waals surface area (Å²) in [5.74, 6) is 0.532. The van der Waals surface area contributed by atoms with E-state index in [2.05, 4.69) is 0 Å². The molecular formula is C16H12O3. The summed E-state index contributed by atoms with van der Waals surface area (Å²) in [5.41, 5.74) is 1.71. The van der Waals surface area contributed by atoms with Crippen molar-refractivity contribution in [2.24, 2.45) is 0 Å². The molecule has 3 heteroatoms. The topological polar surface area (TPSA) is 50.4 Å². The molecule has 0 fully saturated rings. The summed E-state index contributed by atoms with van der Waals surface area (Å²) in [4.78, 5) is 12.5. The zero-order valence-corrected chi connectivity index (χ0v) is 10.4. The minimum atomic E-state index is -0.140. The Hall–Kier alpha value is -2.55. The number of phenolic OH excluding ortho intramolecular Hbond substituents is 1. The number of phenols is 1. The molecular weight excluding hydrogens is 240 g/mol. The molecule has 0 aliphatic rings. The number of rotatable bonds is 2. The van der Waals surface area contributed by atoms with E-state index in [9.17, 15) is 9.90 Å². The lowest BCUT2D eigenvalue weighted by Crippen LogP contribution is -2.01. The van der Waals surface area contributed by atoms with E-state index in [0.717, 1.165) is 5.39 Å². The number of carbonyl (C=O) groups excluding carboxylic acids is 1. The summed E-state index contributed by atoms with van der Waals surface area (Å²) in [6.07, 6.45) is 0. The summed E-state index contributed by atoms with van der Waals surface area (Å²) in [7, 11) is 0. The molecule has 3 rings (SSSR count). The van der Waals surface area contributed by atoms with Gasteiger partial charge in [-0.1, -0.05) is 30.3 Å². The minimum absolute atomic E-state index is 0.0799. The Balaban J connectivity index is 2.19. The maximum atomic E-state index is 12.5. The van der Waals surface area contributed by atoms with Crippen LogP contribution in [0.25, 0.3) is 11.0 Å². The van der Waals surface area contributed by atoms with E-state index in [1.54, 1.807) is 19.1 Å². The number of furan rings is 1. The normalized spacial score (nSPS) is 10.8. The standard InChI is InChI=1S/C16H12O3/c1-10-15(13-7-2-3-8-14(13)19-10)16(18)11-5-4-6-12(17)9-11/h2-9,17H,1H3. The van der Waals surface area contributed by atoms with Crippen molar-refractivity contribution >= 4 is 16.8 Å². The van der Waals surface area contributed by atoms with E-state index in [-0.39, 0.29) is 11.5 Å². The zero-order chi connectivity index (χ0) is 13.4. The van der Waals surface area contributed by atoms with Gasteiger partial charge in [0.25, 0.3) is 0 Å². The van der Waals surface area contributed by atoms with Crippen LogP contribution < -0.4 is 0 Å². The SMILES string of the molecule is Cc1oc2ccccc2c1C(=O)c1cccc(O)c1. The maximum Gasteiger partial charge on any atom is 0.197 e. The van der Waals surface area contributed by atoms with Crippen molar-refractivity contribution in [3.63, 3.8) is 0 Å². The van der Waals surface area contributed by atoms with Crippen molar-refractivity contribution < 1.29 is 14.3 Å². The first-order chi connectivity index (χ1) is 9.16. The van der Waals surface area contributed by atoms with Gasteiger partial charge in [-0.25, -0.2) is 0 Å². The first-order valence-electron chi connectivity index (χ1n) is 5.98. The van der Waals surface area contributed by atoms with Crippen LogP contribution in [0.15, 0.2) is 52.9 Å². The Kier molecular flexibility index (Phi) is 2.60. The van der Waals surface area contributed by atoms with Crippen molar-refractivity contribution in [2.45, 2.75) is 6.92 Å². The molecule has 0 saturated heterocycles. The summed E-state index contributed by atoms with van der Waals surface area (Å²) >= 11 is 0. The largest absolute Gasteiger partial charge is 0.508 e. The fraction of sp³-hybridized carbons (Fsp3) is 0.0625. The number of carbonyl (C=O) groups is 1. The summed E-state index contributed by atoms with van der Waals surface area (Å²) in [6.45, 7) is 1.77. The Morgan fingerprint density at radius 1 is 1.11 bits per heavy atom. The highest BCUT2D eigenvalue weighted by Crippen LogP contribution is 2.28. The van der Waals surface area contributed by atoms with Gasteiger partial charge in [-0.15, -0.1) is 0 Å². The number of hydrogen-bond donors (Lipinski definition) is 1. The maximum absolute atomic E-state index is 12.5. The Bertz CT molecular complexity index is 769. The molecule has 0 atom stereocenters. The van der Waals surface area contributed by atoms with Crippen LogP contribution in [-0.4, -0.2) is 10.9 Å². The molecule has 0 aliphatic heterocycles. The second-order valence-electron chi connectivity index (χ2n) is 4.41. The van der Waals surface area contributed by atoms with E-state index >= 15 is 0 Å². The molecule has 1 N–H and O–H groups in total. The number of hydrogen-bond acceptors (Lipinski definition) is 3. The molecule has 0 amide bonds. The Labute approximate surface area is 110 Å².